The van der Waals surface area contributed by atoms with Crippen molar-refractivity contribution >= 4 is 23.2 Å². The average molecular weight is 381 g/mol. The summed E-state index contributed by atoms with van der Waals surface area (Å²) in [6.45, 7) is 2.66. The molecule has 2 aliphatic rings. The number of hydrogen-bond acceptors (Lipinski definition) is 3. The van der Waals surface area contributed by atoms with E-state index in [2.05, 4.69) is 10.2 Å². The molecule has 0 aliphatic carbocycles. The van der Waals surface area contributed by atoms with Crippen molar-refractivity contribution in [1.82, 2.24) is 4.90 Å². The van der Waals surface area contributed by atoms with Crippen LogP contribution in [0.4, 0.5) is 15.8 Å². The fourth-order valence-corrected chi connectivity index (χ4v) is 3.91. The summed E-state index contributed by atoms with van der Waals surface area (Å²) in [5, 5.41) is 2.91. The van der Waals surface area contributed by atoms with E-state index in [9.17, 15) is 14.0 Å². The number of likely N-dealkylation sites (tertiary alicyclic amines) is 1. The highest BCUT2D eigenvalue weighted by molar-refractivity contribution is 5.97. The number of anilines is 2. The van der Waals surface area contributed by atoms with Gasteiger partial charge in [0.1, 0.15) is 5.82 Å². The second kappa shape index (κ2) is 8.00. The van der Waals surface area contributed by atoms with Crippen molar-refractivity contribution in [2.75, 3.05) is 29.9 Å². The summed E-state index contributed by atoms with van der Waals surface area (Å²) < 4.78 is 13.8. The topological polar surface area (TPSA) is 52.7 Å². The van der Waals surface area contributed by atoms with Gasteiger partial charge in [0.25, 0.3) is 0 Å². The Balaban J connectivity index is 1.35. The molecule has 2 heterocycles. The maximum Gasteiger partial charge on any atom is 0.229 e. The van der Waals surface area contributed by atoms with Crippen LogP contribution >= 0.6 is 0 Å². The van der Waals surface area contributed by atoms with Crippen LogP contribution in [0.5, 0.6) is 0 Å². The third kappa shape index (κ3) is 4.01. The molecule has 0 spiro atoms. The van der Waals surface area contributed by atoms with Crippen LogP contribution in [0.15, 0.2) is 48.5 Å². The van der Waals surface area contributed by atoms with Gasteiger partial charge in [-0.05, 0) is 43.2 Å². The van der Waals surface area contributed by atoms with Gasteiger partial charge in [-0.25, -0.2) is 4.39 Å². The number of hydrogen-bond donors (Lipinski definition) is 1. The average Bonchev–Trinajstić information content (AvgIpc) is 3.35. The van der Waals surface area contributed by atoms with Gasteiger partial charge < -0.3 is 15.1 Å². The molecule has 4 rings (SSSR count). The highest BCUT2D eigenvalue weighted by Crippen LogP contribution is 2.25. The molecular weight excluding hydrogens is 357 g/mol. The number of halogens is 1. The number of amides is 2. The summed E-state index contributed by atoms with van der Waals surface area (Å²) in [5.41, 5.74) is 2.37. The van der Waals surface area contributed by atoms with Gasteiger partial charge in [0.15, 0.2) is 0 Å². The van der Waals surface area contributed by atoms with Crippen LogP contribution in [-0.2, 0) is 16.1 Å². The van der Waals surface area contributed by atoms with E-state index in [1.807, 2.05) is 24.3 Å². The van der Waals surface area contributed by atoms with Crippen LogP contribution in [0.3, 0.4) is 0 Å². The first-order valence-corrected chi connectivity index (χ1v) is 9.77. The van der Waals surface area contributed by atoms with Crippen LogP contribution in [0.1, 0.15) is 24.8 Å². The van der Waals surface area contributed by atoms with Gasteiger partial charge in [0.05, 0.1) is 5.92 Å². The lowest BCUT2D eigenvalue weighted by Gasteiger charge is -2.18. The molecule has 2 saturated heterocycles. The van der Waals surface area contributed by atoms with Crippen molar-refractivity contribution < 1.29 is 14.0 Å². The molecule has 1 N–H and O–H groups in total. The molecule has 1 unspecified atom stereocenters. The summed E-state index contributed by atoms with van der Waals surface area (Å²) in [6, 6.07) is 14.3. The quantitative estimate of drug-likeness (QED) is 0.864. The number of carbonyl (C=O) groups is 2. The van der Waals surface area contributed by atoms with E-state index in [4.69, 9.17) is 0 Å². The smallest absolute Gasteiger partial charge is 0.229 e. The molecule has 0 saturated carbocycles. The summed E-state index contributed by atoms with van der Waals surface area (Å²) in [6.07, 6.45) is 2.60. The third-order valence-electron chi connectivity index (χ3n) is 5.51. The fraction of sp³-hybridized carbons (Fsp3) is 0.364. The second-order valence-corrected chi connectivity index (χ2v) is 7.50. The minimum Gasteiger partial charge on any atom is -0.372 e. The van der Waals surface area contributed by atoms with Crippen molar-refractivity contribution in [3.05, 3.63) is 59.9 Å². The fourth-order valence-electron chi connectivity index (χ4n) is 3.91. The molecular formula is C22H24FN3O2. The van der Waals surface area contributed by atoms with E-state index in [-0.39, 0.29) is 30.6 Å². The standard InChI is InChI=1S/C22H24FN3O2/c23-20-6-2-1-5-16(20)14-26-15-17(13-21(26)27)22(28)24-18-7-9-19(10-8-18)25-11-3-4-12-25/h1-2,5-10,17H,3-4,11-15H2,(H,24,28). The number of nitrogens with zero attached hydrogens (tertiary/aromatic N) is 2. The van der Waals surface area contributed by atoms with E-state index in [1.54, 1.807) is 23.1 Å². The monoisotopic (exact) mass is 381 g/mol. The van der Waals surface area contributed by atoms with E-state index >= 15 is 0 Å². The summed E-state index contributed by atoms with van der Waals surface area (Å²) in [5.74, 6) is -1.04. The maximum atomic E-state index is 13.8. The molecule has 0 bridgehead atoms. The number of nitrogens with one attached hydrogen (secondary N) is 1. The minimum atomic E-state index is -0.419. The Morgan fingerprint density at radius 1 is 1.07 bits per heavy atom. The van der Waals surface area contributed by atoms with Gasteiger partial charge >= 0.3 is 0 Å². The molecule has 2 fully saturated rings. The molecule has 28 heavy (non-hydrogen) atoms. The zero-order chi connectivity index (χ0) is 19.5. The lowest BCUT2D eigenvalue weighted by molar-refractivity contribution is -0.128. The number of rotatable bonds is 5. The molecule has 1 atom stereocenters. The SMILES string of the molecule is O=C(Nc1ccc(N2CCCC2)cc1)C1CC(=O)N(Cc2ccccc2F)C1. The lowest BCUT2D eigenvalue weighted by Crippen LogP contribution is -2.28. The molecule has 2 aromatic rings. The van der Waals surface area contributed by atoms with Crippen molar-refractivity contribution in [2.45, 2.75) is 25.8 Å². The molecule has 146 valence electrons. The van der Waals surface area contributed by atoms with Crippen LogP contribution < -0.4 is 10.2 Å². The molecule has 5 nitrogen and oxygen atoms in total. The summed E-state index contributed by atoms with van der Waals surface area (Å²) in [4.78, 5) is 28.7. The van der Waals surface area contributed by atoms with E-state index in [1.165, 1.54) is 24.6 Å². The van der Waals surface area contributed by atoms with Gasteiger partial charge in [-0.2, -0.15) is 0 Å². The second-order valence-electron chi connectivity index (χ2n) is 7.50. The van der Waals surface area contributed by atoms with Gasteiger partial charge in [0.2, 0.25) is 11.8 Å². The van der Waals surface area contributed by atoms with Crippen molar-refractivity contribution in [3.8, 4) is 0 Å². The Bertz CT molecular complexity index is 862. The first kappa shape index (κ1) is 18.5. The zero-order valence-electron chi connectivity index (χ0n) is 15.7. The van der Waals surface area contributed by atoms with Crippen LogP contribution in [0, 0.1) is 11.7 Å². The molecule has 0 aromatic heterocycles. The minimum absolute atomic E-state index is 0.118. The summed E-state index contributed by atoms with van der Waals surface area (Å²) >= 11 is 0. The van der Waals surface area contributed by atoms with Crippen molar-refractivity contribution in [3.63, 3.8) is 0 Å². The largest absolute Gasteiger partial charge is 0.372 e. The Kier molecular flexibility index (Phi) is 5.28. The zero-order valence-corrected chi connectivity index (χ0v) is 15.7. The molecule has 2 aromatic carbocycles. The predicted molar refractivity (Wildman–Crippen MR) is 106 cm³/mol. The Morgan fingerprint density at radius 2 is 1.79 bits per heavy atom. The highest BCUT2D eigenvalue weighted by Gasteiger charge is 2.34. The Morgan fingerprint density at radius 3 is 2.50 bits per heavy atom. The maximum absolute atomic E-state index is 13.8. The normalized spacial score (nSPS) is 19.3. The molecule has 2 amide bonds. The van der Waals surface area contributed by atoms with Gasteiger partial charge in [0, 0.05) is 49.5 Å². The third-order valence-corrected chi connectivity index (χ3v) is 5.51. The highest BCUT2D eigenvalue weighted by atomic mass is 19.1. The van der Waals surface area contributed by atoms with E-state index in [0.717, 1.165) is 18.8 Å². The van der Waals surface area contributed by atoms with E-state index < -0.39 is 5.92 Å². The van der Waals surface area contributed by atoms with Crippen molar-refractivity contribution in [2.24, 2.45) is 5.92 Å². The number of benzene rings is 2. The summed E-state index contributed by atoms with van der Waals surface area (Å²) in [7, 11) is 0. The molecule has 2 aliphatic heterocycles. The first-order chi connectivity index (χ1) is 13.6. The van der Waals surface area contributed by atoms with Crippen molar-refractivity contribution in [1.29, 1.82) is 0 Å². The van der Waals surface area contributed by atoms with Gasteiger partial charge in [-0.1, -0.05) is 18.2 Å². The number of carbonyl (C=O) groups excluding carboxylic acids is 2. The predicted octanol–water partition coefficient (Wildman–Crippen LogP) is 3.41. The van der Waals surface area contributed by atoms with E-state index in [0.29, 0.717) is 12.1 Å². The van der Waals surface area contributed by atoms with Gasteiger partial charge in [-0.15, -0.1) is 0 Å². The van der Waals surface area contributed by atoms with Crippen LogP contribution in [-0.4, -0.2) is 36.3 Å². The Hall–Kier alpha value is -2.89. The molecule has 6 heteroatoms. The van der Waals surface area contributed by atoms with Gasteiger partial charge in [-0.3, -0.25) is 9.59 Å². The first-order valence-electron chi connectivity index (χ1n) is 9.77. The Labute approximate surface area is 164 Å². The van der Waals surface area contributed by atoms with Crippen LogP contribution in [0.25, 0.3) is 0 Å². The lowest BCUT2D eigenvalue weighted by atomic mass is 10.1. The molecule has 0 radical (unpaired) electrons. The van der Waals surface area contributed by atoms with Crippen LogP contribution in [0.2, 0.25) is 0 Å².